The summed E-state index contributed by atoms with van der Waals surface area (Å²) in [6, 6.07) is 9.48. The molecule has 0 saturated carbocycles. The van der Waals surface area contributed by atoms with E-state index in [0.717, 1.165) is 18.4 Å². The maximum absolute atomic E-state index is 12.5. The smallest absolute Gasteiger partial charge is 0.245 e. The molecule has 1 heterocycles. The first-order valence-electron chi connectivity index (χ1n) is 7.71. The number of benzene rings is 1. The second kappa shape index (κ2) is 8.26. The number of tetrazole rings is 1. The lowest BCUT2D eigenvalue weighted by Gasteiger charge is -2.16. The van der Waals surface area contributed by atoms with Crippen molar-refractivity contribution in [3.63, 3.8) is 0 Å². The zero-order valence-corrected chi connectivity index (χ0v) is 13.1. The van der Waals surface area contributed by atoms with E-state index < -0.39 is 6.04 Å². The number of rotatable bonds is 8. The Morgan fingerprint density at radius 2 is 2.05 bits per heavy atom. The van der Waals surface area contributed by atoms with Gasteiger partial charge in [0.1, 0.15) is 12.4 Å². The molecule has 0 aliphatic rings. The molecule has 0 bridgehead atoms. The molecule has 2 rings (SSSR count). The van der Waals surface area contributed by atoms with Crippen LogP contribution in [-0.4, -0.2) is 32.7 Å². The predicted molar refractivity (Wildman–Crippen MR) is 84.1 cm³/mol. The fourth-order valence-electron chi connectivity index (χ4n) is 2.29. The summed E-state index contributed by atoms with van der Waals surface area (Å²) in [6.45, 7) is 5.05. The first-order chi connectivity index (χ1) is 10.7. The van der Waals surface area contributed by atoms with E-state index in [2.05, 4.69) is 34.7 Å². The lowest BCUT2D eigenvalue weighted by molar-refractivity contribution is -0.124. The molecule has 1 aromatic heterocycles. The van der Waals surface area contributed by atoms with E-state index in [4.69, 9.17) is 0 Å². The van der Waals surface area contributed by atoms with Crippen LogP contribution in [0.4, 0.5) is 0 Å². The van der Waals surface area contributed by atoms with E-state index in [1.807, 2.05) is 30.3 Å². The Kier molecular flexibility index (Phi) is 6.06. The van der Waals surface area contributed by atoms with E-state index in [9.17, 15) is 4.79 Å². The van der Waals surface area contributed by atoms with Crippen molar-refractivity contribution in [3.8, 4) is 0 Å². The summed E-state index contributed by atoms with van der Waals surface area (Å²) in [4.78, 5) is 12.5. The van der Waals surface area contributed by atoms with Crippen LogP contribution in [0.15, 0.2) is 36.7 Å². The van der Waals surface area contributed by atoms with Gasteiger partial charge in [-0.25, -0.2) is 4.68 Å². The third-order valence-electron chi connectivity index (χ3n) is 3.52. The Bertz CT molecular complexity index is 553. The highest BCUT2D eigenvalue weighted by atomic mass is 16.2. The van der Waals surface area contributed by atoms with Gasteiger partial charge in [0.2, 0.25) is 5.91 Å². The molecule has 1 unspecified atom stereocenters. The molecular weight excluding hydrogens is 278 g/mol. The molecule has 0 aliphatic heterocycles. The van der Waals surface area contributed by atoms with Crippen molar-refractivity contribution in [1.82, 2.24) is 25.5 Å². The third-order valence-corrected chi connectivity index (χ3v) is 3.52. The van der Waals surface area contributed by atoms with Crippen molar-refractivity contribution in [2.75, 3.05) is 6.54 Å². The Hall–Kier alpha value is -2.24. The largest absolute Gasteiger partial charge is 0.354 e. The van der Waals surface area contributed by atoms with Gasteiger partial charge in [-0.05, 0) is 34.7 Å². The number of nitrogens with one attached hydrogen (secondary N) is 1. The number of nitrogens with zero attached hydrogens (tertiary/aromatic N) is 4. The molecule has 0 aliphatic carbocycles. The summed E-state index contributed by atoms with van der Waals surface area (Å²) in [5, 5.41) is 14.2. The van der Waals surface area contributed by atoms with Crippen molar-refractivity contribution < 1.29 is 4.79 Å². The maximum atomic E-state index is 12.5. The van der Waals surface area contributed by atoms with Crippen LogP contribution in [0.25, 0.3) is 0 Å². The normalized spacial score (nSPS) is 12.3. The fourth-order valence-corrected chi connectivity index (χ4v) is 2.29. The molecule has 22 heavy (non-hydrogen) atoms. The first-order valence-corrected chi connectivity index (χ1v) is 7.71. The minimum atomic E-state index is -0.420. The van der Waals surface area contributed by atoms with E-state index >= 15 is 0 Å². The second-order valence-electron chi connectivity index (χ2n) is 5.82. The van der Waals surface area contributed by atoms with Crippen LogP contribution in [0.5, 0.6) is 0 Å². The number of carbonyl (C=O) groups is 1. The highest BCUT2D eigenvalue weighted by Crippen LogP contribution is 2.13. The topological polar surface area (TPSA) is 72.7 Å². The molecule has 0 radical (unpaired) electrons. The Morgan fingerprint density at radius 1 is 1.27 bits per heavy atom. The van der Waals surface area contributed by atoms with Gasteiger partial charge in [0.05, 0.1) is 0 Å². The average molecular weight is 301 g/mol. The number of amides is 1. The lowest BCUT2D eigenvalue weighted by atomic mass is 10.1. The monoisotopic (exact) mass is 301 g/mol. The van der Waals surface area contributed by atoms with Gasteiger partial charge >= 0.3 is 0 Å². The highest BCUT2D eigenvalue weighted by molar-refractivity contribution is 5.80. The average Bonchev–Trinajstić information content (AvgIpc) is 3.04. The van der Waals surface area contributed by atoms with Crippen molar-refractivity contribution in [2.45, 2.75) is 39.2 Å². The van der Waals surface area contributed by atoms with Gasteiger partial charge in [-0.2, -0.15) is 0 Å². The van der Waals surface area contributed by atoms with E-state index in [1.165, 1.54) is 11.0 Å². The zero-order chi connectivity index (χ0) is 15.8. The van der Waals surface area contributed by atoms with E-state index in [-0.39, 0.29) is 5.91 Å². The van der Waals surface area contributed by atoms with Crippen molar-refractivity contribution in [2.24, 2.45) is 5.92 Å². The maximum Gasteiger partial charge on any atom is 0.245 e. The first kappa shape index (κ1) is 16.1. The summed E-state index contributed by atoms with van der Waals surface area (Å²) in [6.07, 6.45) is 4.15. The lowest BCUT2D eigenvalue weighted by Crippen LogP contribution is -2.35. The second-order valence-corrected chi connectivity index (χ2v) is 5.82. The van der Waals surface area contributed by atoms with Crippen molar-refractivity contribution >= 4 is 5.91 Å². The number of carbonyl (C=O) groups excluding carboxylic acids is 1. The molecule has 6 heteroatoms. The molecule has 2 aromatic rings. The molecule has 1 aromatic carbocycles. The van der Waals surface area contributed by atoms with E-state index in [0.29, 0.717) is 18.9 Å². The van der Waals surface area contributed by atoms with Crippen LogP contribution >= 0.6 is 0 Å². The Labute approximate surface area is 130 Å². The highest BCUT2D eigenvalue weighted by Gasteiger charge is 2.21. The minimum absolute atomic E-state index is 0.0418. The summed E-state index contributed by atoms with van der Waals surface area (Å²) in [5.74, 6) is 0.608. The zero-order valence-electron chi connectivity index (χ0n) is 13.1. The standard InChI is InChI=1S/C16H23N5O/c1-13(2)7-6-10-17-16(22)15(21-12-18-19-20-21)11-14-8-4-3-5-9-14/h3-5,8-9,12-13,15H,6-7,10-11H2,1-2H3,(H,17,22). The van der Waals surface area contributed by atoms with Crippen molar-refractivity contribution in [1.29, 1.82) is 0 Å². The molecule has 0 saturated heterocycles. The van der Waals surface area contributed by atoms with Crippen LogP contribution in [0, 0.1) is 5.92 Å². The predicted octanol–water partition coefficient (Wildman–Crippen LogP) is 2.01. The minimum Gasteiger partial charge on any atom is -0.354 e. The summed E-state index contributed by atoms with van der Waals surface area (Å²) >= 11 is 0. The van der Waals surface area contributed by atoms with E-state index in [1.54, 1.807) is 0 Å². The summed E-state index contributed by atoms with van der Waals surface area (Å²) in [7, 11) is 0. The molecule has 1 amide bonds. The van der Waals surface area contributed by atoms with Crippen LogP contribution in [0.2, 0.25) is 0 Å². The molecule has 0 fully saturated rings. The van der Waals surface area contributed by atoms with Gasteiger partial charge in [0.15, 0.2) is 0 Å². The molecular formula is C16H23N5O. The van der Waals surface area contributed by atoms with Gasteiger partial charge in [0.25, 0.3) is 0 Å². The van der Waals surface area contributed by atoms with Gasteiger partial charge in [-0.15, -0.1) is 5.10 Å². The van der Waals surface area contributed by atoms with Gasteiger partial charge in [-0.1, -0.05) is 44.2 Å². The summed E-state index contributed by atoms with van der Waals surface area (Å²) in [5.41, 5.74) is 1.08. The summed E-state index contributed by atoms with van der Waals surface area (Å²) < 4.78 is 1.52. The fraction of sp³-hybridized carbons (Fsp3) is 0.500. The molecule has 1 N–H and O–H groups in total. The Balaban J connectivity index is 1.97. The molecule has 1 atom stereocenters. The van der Waals surface area contributed by atoms with Crippen LogP contribution in [0.1, 0.15) is 38.3 Å². The molecule has 118 valence electrons. The van der Waals surface area contributed by atoms with Gasteiger partial charge in [0, 0.05) is 13.0 Å². The Morgan fingerprint density at radius 3 is 2.68 bits per heavy atom. The van der Waals surface area contributed by atoms with Gasteiger partial charge < -0.3 is 5.32 Å². The third kappa shape index (κ3) is 4.95. The number of aromatic nitrogens is 4. The van der Waals surface area contributed by atoms with Crippen LogP contribution in [-0.2, 0) is 11.2 Å². The quantitative estimate of drug-likeness (QED) is 0.757. The van der Waals surface area contributed by atoms with Gasteiger partial charge in [-0.3, -0.25) is 4.79 Å². The number of hydrogen-bond acceptors (Lipinski definition) is 4. The van der Waals surface area contributed by atoms with Crippen molar-refractivity contribution in [3.05, 3.63) is 42.2 Å². The number of hydrogen-bond donors (Lipinski definition) is 1. The SMILES string of the molecule is CC(C)CCCNC(=O)C(Cc1ccccc1)n1cnnn1. The van der Waals surface area contributed by atoms with Crippen LogP contribution < -0.4 is 5.32 Å². The molecule has 0 spiro atoms. The molecule has 6 nitrogen and oxygen atoms in total. The van der Waals surface area contributed by atoms with Crippen LogP contribution in [0.3, 0.4) is 0 Å².